The second kappa shape index (κ2) is 6.22. The Labute approximate surface area is 131 Å². The largest absolute Gasteiger partial charge is 0.391 e. The smallest absolute Gasteiger partial charge is 0.382 e. The lowest BCUT2D eigenvalue weighted by Crippen LogP contribution is -2.39. The molecule has 0 radical (unpaired) electrons. The molecular formula is C16H17F3N2O2. The van der Waals surface area contributed by atoms with Crippen LogP contribution in [-0.4, -0.2) is 23.9 Å². The SMILES string of the molecule is O=C(NC(CC(F)(F)F)c1ccccc1)C1CC(C2CC2)=NO1. The van der Waals surface area contributed by atoms with Gasteiger partial charge in [-0.2, -0.15) is 13.2 Å². The van der Waals surface area contributed by atoms with Gasteiger partial charge in [-0.05, 0) is 18.4 Å². The summed E-state index contributed by atoms with van der Waals surface area (Å²) in [6.07, 6.45) is -3.88. The highest BCUT2D eigenvalue weighted by Gasteiger charge is 2.39. The van der Waals surface area contributed by atoms with Crippen molar-refractivity contribution >= 4 is 11.6 Å². The Hall–Kier alpha value is -2.05. The van der Waals surface area contributed by atoms with Crippen LogP contribution in [0.4, 0.5) is 13.2 Å². The highest BCUT2D eigenvalue weighted by Crippen LogP contribution is 2.35. The van der Waals surface area contributed by atoms with Crippen molar-refractivity contribution in [2.24, 2.45) is 11.1 Å². The van der Waals surface area contributed by atoms with Gasteiger partial charge in [0.25, 0.3) is 5.91 Å². The fourth-order valence-corrected chi connectivity index (χ4v) is 2.63. The number of halogens is 3. The first kappa shape index (κ1) is 15.8. The Bertz CT molecular complexity index is 597. The molecule has 7 heteroatoms. The first-order valence-corrected chi connectivity index (χ1v) is 7.57. The van der Waals surface area contributed by atoms with Crippen LogP contribution in [0.15, 0.2) is 35.5 Å². The molecule has 1 amide bonds. The average molecular weight is 326 g/mol. The summed E-state index contributed by atoms with van der Waals surface area (Å²) in [7, 11) is 0. The minimum absolute atomic E-state index is 0.365. The monoisotopic (exact) mass is 326 g/mol. The van der Waals surface area contributed by atoms with Crippen molar-refractivity contribution in [3.63, 3.8) is 0 Å². The van der Waals surface area contributed by atoms with Crippen molar-refractivity contribution in [1.29, 1.82) is 0 Å². The van der Waals surface area contributed by atoms with E-state index in [2.05, 4.69) is 10.5 Å². The zero-order valence-corrected chi connectivity index (χ0v) is 12.3. The first-order valence-electron chi connectivity index (χ1n) is 7.57. The number of nitrogens with zero attached hydrogens (tertiary/aromatic N) is 1. The third kappa shape index (κ3) is 4.24. The number of carbonyl (C=O) groups excluding carboxylic acids is 1. The number of hydrogen-bond donors (Lipinski definition) is 1. The zero-order chi connectivity index (χ0) is 16.4. The van der Waals surface area contributed by atoms with Crippen molar-refractivity contribution in [1.82, 2.24) is 5.32 Å². The summed E-state index contributed by atoms with van der Waals surface area (Å²) in [5, 5.41) is 6.34. The van der Waals surface area contributed by atoms with Crippen molar-refractivity contribution in [3.05, 3.63) is 35.9 Å². The lowest BCUT2D eigenvalue weighted by molar-refractivity contribution is -0.145. The number of hydrogen-bond acceptors (Lipinski definition) is 3. The van der Waals surface area contributed by atoms with Crippen molar-refractivity contribution in [2.45, 2.75) is 44.0 Å². The first-order chi connectivity index (χ1) is 10.9. The summed E-state index contributed by atoms with van der Waals surface area (Å²) in [4.78, 5) is 17.3. The van der Waals surface area contributed by atoms with Crippen LogP contribution in [0.2, 0.25) is 0 Å². The highest BCUT2D eigenvalue weighted by atomic mass is 19.4. The van der Waals surface area contributed by atoms with E-state index in [1.54, 1.807) is 30.3 Å². The summed E-state index contributed by atoms with van der Waals surface area (Å²) in [5.41, 5.74) is 1.26. The molecule has 23 heavy (non-hydrogen) atoms. The van der Waals surface area contributed by atoms with Crippen LogP contribution in [0, 0.1) is 5.92 Å². The van der Waals surface area contributed by atoms with Gasteiger partial charge in [0.2, 0.25) is 6.10 Å². The number of rotatable bonds is 5. The Morgan fingerprint density at radius 1 is 1.30 bits per heavy atom. The third-order valence-electron chi connectivity index (χ3n) is 3.99. The van der Waals surface area contributed by atoms with E-state index in [0.717, 1.165) is 18.6 Å². The quantitative estimate of drug-likeness (QED) is 0.902. The molecule has 1 aliphatic heterocycles. The molecule has 0 aromatic heterocycles. The minimum atomic E-state index is -4.38. The van der Waals surface area contributed by atoms with Crippen LogP contribution < -0.4 is 5.32 Å². The number of amides is 1. The second-order valence-corrected chi connectivity index (χ2v) is 5.95. The van der Waals surface area contributed by atoms with Gasteiger partial charge < -0.3 is 10.2 Å². The van der Waals surface area contributed by atoms with Crippen LogP contribution in [0.1, 0.15) is 37.3 Å². The van der Waals surface area contributed by atoms with Crippen LogP contribution in [0.3, 0.4) is 0 Å². The molecule has 1 fully saturated rings. The molecule has 2 unspecified atom stereocenters. The number of nitrogens with one attached hydrogen (secondary N) is 1. The Morgan fingerprint density at radius 2 is 2.00 bits per heavy atom. The molecule has 1 heterocycles. The number of benzene rings is 1. The molecule has 1 aliphatic carbocycles. The maximum Gasteiger partial charge on any atom is 0.391 e. The van der Waals surface area contributed by atoms with Crippen molar-refractivity contribution in [2.75, 3.05) is 0 Å². The lowest BCUT2D eigenvalue weighted by Gasteiger charge is -2.22. The molecule has 0 saturated heterocycles. The summed E-state index contributed by atoms with van der Waals surface area (Å²) >= 11 is 0. The maximum absolute atomic E-state index is 12.8. The van der Waals surface area contributed by atoms with Gasteiger partial charge in [0.1, 0.15) is 0 Å². The van der Waals surface area contributed by atoms with Gasteiger partial charge in [-0.15, -0.1) is 0 Å². The summed E-state index contributed by atoms with van der Waals surface area (Å²) in [6, 6.07) is 7.01. The standard InChI is InChI=1S/C16H17F3N2O2/c17-16(18,19)9-13(10-4-2-1-3-5-10)20-15(22)14-8-12(21-23-14)11-6-7-11/h1-5,11,13-14H,6-9H2,(H,20,22). The van der Waals surface area contributed by atoms with E-state index in [9.17, 15) is 18.0 Å². The average Bonchev–Trinajstić information content (AvgIpc) is 3.23. The molecule has 1 aromatic carbocycles. The molecule has 1 N–H and O–H groups in total. The fraction of sp³-hybridized carbons (Fsp3) is 0.500. The van der Waals surface area contributed by atoms with E-state index in [1.807, 2.05) is 0 Å². The Kier molecular flexibility index (Phi) is 4.28. The zero-order valence-electron chi connectivity index (χ0n) is 12.3. The van der Waals surface area contributed by atoms with Crippen LogP contribution in [-0.2, 0) is 9.63 Å². The van der Waals surface area contributed by atoms with E-state index in [-0.39, 0.29) is 0 Å². The molecular weight excluding hydrogens is 309 g/mol. The lowest BCUT2D eigenvalue weighted by atomic mass is 10.0. The van der Waals surface area contributed by atoms with Gasteiger partial charge in [-0.1, -0.05) is 35.5 Å². The topological polar surface area (TPSA) is 50.7 Å². The van der Waals surface area contributed by atoms with Crippen molar-refractivity contribution < 1.29 is 22.8 Å². The minimum Gasteiger partial charge on any atom is -0.382 e. The third-order valence-corrected chi connectivity index (χ3v) is 3.99. The number of alkyl halides is 3. The molecule has 1 aromatic rings. The second-order valence-electron chi connectivity index (χ2n) is 5.95. The van der Waals surface area contributed by atoms with Crippen LogP contribution >= 0.6 is 0 Å². The van der Waals surface area contributed by atoms with E-state index in [4.69, 9.17) is 4.84 Å². The highest BCUT2D eigenvalue weighted by molar-refractivity contribution is 5.95. The van der Waals surface area contributed by atoms with Crippen molar-refractivity contribution in [3.8, 4) is 0 Å². The normalized spacial score (nSPS) is 22.2. The van der Waals surface area contributed by atoms with E-state index < -0.39 is 30.7 Å². The van der Waals surface area contributed by atoms with Gasteiger partial charge >= 0.3 is 6.18 Å². The molecule has 0 bridgehead atoms. The fourth-order valence-electron chi connectivity index (χ4n) is 2.63. The molecule has 4 nitrogen and oxygen atoms in total. The predicted molar refractivity (Wildman–Crippen MR) is 77.6 cm³/mol. The molecule has 124 valence electrons. The van der Waals surface area contributed by atoms with Gasteiger partial charge in [0.05, 0.1) is 18.2 Å². The molecule has 0 spiro atoms. The van der Waals surface area contributed by atoms with Gasteiger partial charge in [-0.3, -0.25) is 4.79 Å². The van der Waals surface area contributed by atoms with Gasteiger partial charge in [0.15, 0.2) is 0 Å². The van der Waals surface area contributed by atoms with Crippen LogP contribution in [0.5, 0.6) is 0 Å². The van der Waals surface area contributed by atoms with Crippen LogP contribution in [0.25, 0.3) is 0 Å². The molecule has 2 aliphatic rings. The van der Waals surface area contributed by atoms with Gasteiger partial charge in [0, 0.05) is 12.3 Å². The molecule has 2 atom stereocenters. The molecule has 1 saturated carbocycles. The Balaban J connectivity index is 1.65. The van der Waals surface area contributed by atoms with E-state index in [0.29, 0.717) is 17.9 Å². The summed E-state index contributed by atoms with van der Waals surface area (Å²) < 4.78 is 38.4. The maximum atomic E-state index is 12.8. The number of carbonyl (C=O) groups is 1. The van der Waals surface area contributed by atoms with E-state index >= 15 is 0 Å². The molecule has 3 rings (SSSR count). The Morgan fingerprint density at radius 3 is 2.61 bits per heavy atom. The summed E-state index contributed by atoms with van der Waals surface area (Å²) in [6.45, 7) is 0. The van der Waals surface area contributed by atoms with Gasteiger partial charge in [-0.25, -0.2) is 0 Å². The van der Waals surface area contributed by atoms with E-state index in [1.165, 1.54) is 0 Å². The number of oxime groups is 1. The summed E-state index contributed by atoms with van der Waals surface area (Å²) in [5.74, 6) is -0.171. The predicted octanol–water partition coefficient (Wildman–Crippen LogP) is 3.35.